The molecule has 1 saturated carbocycles. The van der Waals surface area contributed by atoms with Gasteiger partial charge in [0.05, 0.1) is 0 Å². The van der Waals surface area contributed by atoms with Gasteiger partial charge in [0, 0.05) is 18.4 Å². The van der Waals surface area contributed by atoms with Crippen molar-refractivity contribution in [2.45, 2.75) is 71.3 Å². The van der Waals surface area contributed by atoms with Gasteiger partial charge in [0.15, 0.2) is 0 Å². The third-order valence-electron chi connectivity index (χ3n) is 4.63. The minimum absolute atomic E-state index is 0.524. The van der Waals surface area contributed by atoms with Gasteiger partial charge >= 0.3 is 0 Å². The van der Waals surface area contributed by atoms with Gasteiger partial charge in [-0.05, 0) is 48.9 Å². The lowest BCUT2D eigenvalue weighted by Gasteiger charge is -2.28. The third-order valence-corrected chi connectivity index (χ3v) is 4.63. The van der Waals surface area contributed by atoms with E-state index in [1.165, 1.54) is 56.1 Å². The van der Waals surface area contributed by atoms with Crippen LogP contribution in [0.5, 0.6) is 0 Å². The van der Waals surface area contributed by atoms with E-state index in [-0.39, 0.29) is 0 Å². The zero-order chi connectivity index (χ0) is 14.2. The summed E-state index contributed by atoms with van der Waals surface area (Å²) in [5.74, 6) is 0.913. The number of nitrogens with zero attached hydrogens (tertiary/aromatic N) is 1. The summed E-state index contributed by atoms with van der Waals surface area (Å²) < 4.78 is 0. The van der Waals surface area contributed by atoms with Crippen LogP contribution in [-0.2, 0) is 6.42 Å². The Kier molecular flexibility index (Phi) is 6.52. The quantitative estimate of drug-likeness (QED) is 0.782. The fourth-order valence-corrected chi connectivity index (χ4v) is 3.47. The molecule has 1 aliphatic carbocycles. The van der Waals surface area contributed by atoms with Crippen LogP contribution in [0.15, 0.2) is 18.5 Å². The lowest BCUT2D eigenvalue weighted by Crippen LogP contribution is -2.26. The molecule has 1 aliphatic rings. The van der Waals surface area contributed by atoms with Crippen molar-refractivity contribution >= 4 is 0 Å². The highest BCUT2D eigenvalue weighted by molar-refractivity contribution is 5.27. The van der Waals surface area contributed by atoms with Crippen LogP contribution in [0.3, 0.4) is 0 Å². The van der Waals surface area contributed by atoms with Gasteiger partial charge in [-0.1, -0.05) is 46.0 Å². The molecule has 2 heteroatoms. The highest BCUT2D eigenvalue weighted by Gasteiger charge is 2.21. The SMILES string of the molecule is CCCNC(CC1CCCCC1)c1ccncc1CC. The van der Waals surface area contributed by atoms with Gasteiger partial charge in [0.25, 0.3) is 0 Å². The van der Waals surface area contributed by atoms with E-state index < -0.39 is 0 Å². The number of aromatic nitrogens is 1. The molecule has 1 aromatic rings. The zero-order valence-corrected chi connectivity index (χ0v) is 13.2. The molecule has 0 aromatic carbocycles. The highest BCUT2D eigenvalue weighted by Crippen LogP contribution is 2.32. The fraction of sp³-hybridized carbons (Fsp3) is 0.722. The average molecular weight is 274 g/mol. The van der Waals surface area contributed by atoms with Crippen molar-refractivity contribution in [3.05, 3.63) is 29.6 Å². The van der Waals surface area contributed by atoms with Crippen LogP contribution in [0.2, 0.25) is 0 Å². The van der Waals surface area contributed by atoms with Gasteiger partial charge in [0.1, 0.15) is 0 Å². The molecule has 1 unspecified atom stereocenters. The van der Waals surface area contributed by atoms with Gasteiger partial charge in [0.2, 0.25) is 0 Å². The first-order valence-corrected chi connectivity index (χ1v) is 8.51. The predicted octanol–water partition coefficient (Wildman–Crippen LogP) is 4.66. The van der Waals surface area contributed by atoms with Crippen LogP contribution in [0.4, 0.5) is 0 Å². The van der Waals surface area contributed by atoms with Crippen LogP contribution >= 0.6 is 0 Å². The van der Waals surface area contributed by atoms with Crippen LogP contribution in [-0.4, -0.2) is 11.5 Å². The number of hydrogen-bond acceptors (Lipinski definition) is 2. The van der Waals surface area contributed by atoms with Crippen LogP contribution < -0.4 is 5.32 Å². The minimum atomic E-state index is 0.524. The summed E-state index contributed by atoms with van der Waals surface area (Å²) in [6.45, 7) is 5.60. The summed E-state index contributed by atoms with van der Waals surface area (Å²) in [7, 11) is 0. The van der Waals surface area contributed by atoms with Crippen molar-refractivity contribution in [2.24, 2.45) is 5.92 Å². The summed E-state index contributed by atoms with van der Waals surface area (Å²) in [6.07, 6.45) is 14.8. The van der Waals surface area contributed by atoms with Crippen molar-refractivity contribution in [1.29, 1.82) is 0 Å². The van der Waals surface area contributed by atoms with Crippen molar-refractivity contribution < 1.29 is 0 Å². The minimum Gasteiger partial charge on any atom is -0.310 e. The predicted molar refractivity (Wildman–Crippen MR) is 85.8 cm³/mol. The zero-order valence-electron chi connectivity index (χ0n) is 13.2. The Morgan fingerprint density at radius 1 is 1.25 bits per heavy atom. The molecule has 1 fully saturated rings. The Morgan fingerprint density at radius 3 is 2.75 bits per heavy atom. The summed E-state index contributed by atoms with van der Waals surface area (Å²) in [6, 6.07) is 2.76. The topological polar surface area (TPSA) is 24.9 Å². The summed E-state index contributed by atoms with van der Waals surface area (Å²) >= 11 is 0. The molecule has 2 nitrogen and oxygen atoms in total. The number of nitrogens with one attached hydrogen (secondary N) is 1. The third kappa shape index (κ3) is 4.31. The molecular formula is C18H30N2. The largest absolute Gasteiger partial charge is 0.310 e. The summed E-state index contributed by atoms with van der Waals surface area (Å²) in [4.78, 5) is 4.30. The molecule has 0 saturated heterocycles. The first-order chi connectivity index (χ1) is 9.85. The lowest BCUT2D eigenvalue weighted by molar-refractivity contribution is 0.299. The van der Waals surface area contributed by atoms with Crippen molar-refractivity contribution in [2.75, 3.05) is 6.54 Å². The number of rotatable bonds is 7. The van der Waals surface area contributed by atoms with Gasteiger partial charge in [-0.15, -0.1) is 0 Å². The first kappa shape index (κ1) is 15.5. The molecule has 0 bridgehead atoms. The summed E-state index contributed by atoms with van der Waals surface area (Å²) in [5.41, 5.74) is 2.90. The Bertz CT molecular complexity index is 383. The van der Waals surface area contributed by atoms with E-state index in [0.29, 0.717) is 6.04 Å². The van der Waals surface area contributed by atoms with E-state index in [9.17, 15) is 0 Å². The molecule has 112 valence electrons. The highest BCUT2D eigenvalue weighted by atomic mass is 14.9. The van der Waals surface area contributed by atoms with Crippen molar-refractivity contribution in [3.63, 3.8) is 0 Å². The Morgan fingerprint density at radius 2 is 2.05 bits per heavy atom. The standard InChI is InChI=1S/C18H30N2/c1-3-11-20-18(13-15-8-6-5-7-9-15)17-10-12-19-14-16(17)4-2/h10,12,14-15,18,20H,3-9,11,13H2,1-2H3. The number of pyridine rings is 1. The molecule has 0 amide bonds. The maximum atomic E-state index is 4.30. The Labute approximate surface area is 124 Å². The fourth-order valence-electron chi connectivity index (χ4n) is 3.47. The second-order valence-electron chi connectivity index (χ2n) is 6.17. The van der Waals surface area contributed by atoms with Crippen LogP contribution in [0.1, 0.15) is 76.0 Å². The second-order valence-corrected chi connectivity index (χ2v) is 6.17. The van der Waals surface area contributed by atoms with Gasteiger partial charge in [-0.3, -0.25) is 4.98 Å². The van der Waals surface area contributed by atoms with Crippen molar-refractivity contribution in [1.82, 2.24) is 10.3 Å². The lowest BCUT2D eigenvalue weighted by atomic mass is 9.82. The number of hydrogen-bond donors (Lipinski definition) is 1. The second kappa shape index (κ2) is 8.41. The van der Waals surface area contributed by atoms with E-state index in [2.05, 4.69) is 36.4 Å². The number of aryl methyl sites for hydroxylation is 1. The first-order valence-electron chi connectivity index (χ1n) is 8.51. The average Bonchev–Trinajstić information content (AvgIpc) is 2.52. The maximum absolute atomic E-state index is 4.30. The van der Waals surface area contributed by atoms with Crippen LogP contribution in [0.25, 0.3) is 0 Å². The monoisotopic (exact) mass is 274 g/mol. The van der Waals surface area contributed by atoms with E-state index in [0.717, 1.165) is 18.9 Å². The molecule has 1 N–H and O–H groups in total. The van der Waals surface area contributed by atoms with E-state index >= 15 is 0 Å². The van der Waals surface area contributed by atoms with Crippen molar-refractivity contribution in [3.8, 4) is 0 Å². The molecule has 20 heavy (non-hydrogen) atoms. The normalized spacial score (nSPS) is 18.1. The van der Waals surface area contributed by atoms with E-state index in [1.807, 2.05) is 6.20 Å². The molecular weight excluding hydrogens is 244 g/mol. The van der Waals surface area contributed by atoms with Crippen LogP contribution in [0, 0.1) is 5.92 Å². The van der Waals surface area contributed by atoms with E-state index in [4.69, 9.17) is 0 Å². The smallest absolute Gasteiger partial charge is 0.0326 e. The summed E-state index contributed by atoms with van der Waals surface area (Å²) in [5, 5.41) is 3.78. The molecule has 2 rings (SSSR count). The van der Waals surface area contributed by atoms with Gasteiger partial charge in [-0.2, -0.15) is 0 Å². The molecule has 1 aromatic heterocycles. The Balaban J connectivity index is 2.08. The molecule has 1 heterocycles. The molecule has 1 atom stereocenters. The Hall–Kier alpha value is -0.890. The molecule has 0 radical (unpaired) electrons. The molecule has 0 aliphatic heterocycles. The van der Waals surface area contributed by atoms with Gasteiger partial charge < -0.3 is 5.32 Å². The van der Waals surface area contributed by atoms with E-state index in [1.54, 1.807) is 0 Å². The van der Waals surface area contributed by atoms with Gasteiger partial charge in [-0.25, -0.2) is 0 Å². The maximum Gasteiger partial charge on any atom is 0.0326 e. The molecule has 0 spiro atoms.